The zero-order chi connectivity index (χ0) is 21.2. The highest BCUT2D eigenvalue weighted by atomic mass is 16.6. The van der Waals surface area contributed by atoms with E-state index >= 15 is 0 Å². The van der Waals surface area contributed by atoms with Crippen LogP contribution in [0, 0.1) is 0 Å². The van der Waals surface area contributed by atoms with Gasteiger partial charge < -0.3 is 24.8 Å². The molecule has 9 heteroatoms. The molecule has 0 saturated carbocycles. The number of anilines is 1. The highest BCUT2D eigenvalue weighted by molar-refractivity contribution is 5.86. The molecule has 1 amide bonds. The Kier molecular flexibility index (Phi) is 8.95. The number of aromatic carboxylic acids is 1. The van der Waals surface area contributed by atoms with Crippen molar-refractivity contribution in [1.82, 2.24) is 14.9 Å². The first-order chi connectivity index (χ1) is 14.0. The third-order valence-corrected chi connectivity index (χ3v) is 4.94. The summed E-state index contributed by atoms with van der Waals surface area (Å²) in [5.41, 5.74) is -0.111. The topological polar surface area (TPSA) is 114 Å². The fourth-order valence-electron chi connectivity index (χ4n) is 3.08. The van der Waals surface area contributed by atoms with E-state index in [1.807, 2.05) is 13.8 Å². The predicted octanol–water partition coefficient (Wildman–Crippen LogP) is 3.56. The first-order valence-electron chi connectivity index (χ1n) is 10.4. The lowest BCUT2D eigenvalue weighted by Gasteiger charge is -2.32. The van der Waals surface area contributed by atoms with Crippen molar-refractivity contribution in [2.24, 2.45) is 0 Å². The van der Waals surface area contributed by atoms with E-state index < -0.39 is 5.97 Å². The number of likely N-dealkylation sites (tertiary alicyclic amines) is 1. The van der Waals surface area contributed by atoms with Crippen molar-refractivity contribution >= 4 is 17.9 Å². The van der Waals surface area contributed by atoms with Crippen molar-refractivity contribution in [2.75, 3.05) is 25.0 Å². The molecule has 1 fully saturated rings. The molecule has 0 radical (unpaired) electrons. The monoisotopic (exact) mass is 408 g/mol. The van der Waals surface area contributed by atoms with Gasteiger partial charge in [-0.15, -0.1) is 0 Å². The maximum Gasteiger partial charge on any atom is 0.409 e. The molecule has 0 atom stereocenters. The van der Waals surface area contributed by atoms with Gasteiger partial charge in [-0.25, -0.2) is 9.59 Å². The Labute approximate surface area is 171 Å². The van der Waals surface area contributed by atoms with Crippen molar-refractivity contribution in [3.05, 3.63) is 11.8 Å². The number of piperidine rings is 1. The number of ether oxygens (including phenoxy) is 2. The van der Waals surface area contributed by atoms with E-state index in [1.165, 1.54) is 6.07 Å². The van der Waals surface area contributed by atoms with Crippen molar-refractivity contribution in [3.8, 4) is 6.01 Å². The number of unbranched alkanes of at least 4 members (excludes halogenated alkanes) is 1. The van der Waals surface area contributed by atoms with Crippen molar-refractivity contribution in [1.29, 1.82) is 0 Å². The molecule has 0 unspecified atom stereocenters. The summed E-state index contributed by atoms with van der Waals surface area (Å²) in [5, 5.41) is 12.6. The normalized spacial score (nSPS) is 14.7. The lowest BCUT2D eigenvalue weighted by Crippen LogP contribution is -2.42. The van der Waals surface area contributed by atoms with Gasteiger partial charge in [0.2, 0.25) is 0 Å². The van der Waals surface area contributed by atoms with Gasteiger partial charge in [-0.3, -0.25) is 0 Å². The molecule has 1 aromatic heterocycles. The average molecular weight is 408 g/mol. The van der Waals surface area contributed by atoms with Crippen LogP contribution in [0.25, 0.3) is 0 Å². The number of nitrogens with zero attached hydrogens (tertiary/aromatic N) is 3. The molecule has 1 aliphatic rings. The molecule has 2 rings (SSSR count). The lowest BCUT2D eigenvalue weighted by molar-refractivity contribution is 0.0686. The van der Waals surface area contributed by atoms with Gasteiger partial charge in [-0.1, -0.05) is 27.2 Å². The number of nitrogens with one attached hydrogen (secondary N) is 1. The van der Waals surface area contributed by atoms with Gasteiger partial charge in [0.05, 0.1) is 6.61 Å². The van der Waals surface area contributed by atoms with Gasteiger partial charge in [0, 0.05) is 25.2 Å². The minimum absolute atomic E-state index is 0.0612. The summed E-state index contributed by atoms with van der Waals surface area (Å²) in [6.45, 7) is 7.65. The summed E-state index contributed by atoms with van der Waals surface area (Å²) in [6.07, 6.45) is 4.53. The summed E-state index contributed by atoms with van der Waals surface area (Å²) in [5.74, 6) is -0.711. The van der Waals surface area contributed by atoms with Crippen LogP contribution >= 0.6 is 0 Å². The number of rotatable bonds is 10. The fraction of sp³-hybridized carbons (Fsp3) is 0.700. The molecular formula is C20H32N4O5. The van der Waals surface area contributed by atoms with E-state index in [1.54, 1.807) is 4.90 Å². The van der Waals surface area contributed by atoms with E-state index in [-0.39, 0.29) is 29.9 Å². The second-order valence-corrected chi connectivity index (χ2v) is 7.16. The van der Waals surface area contributed by atoms with Crippen LogP contribution in [0.15, 0.2) is 6.07 Å². The van der Waals surface area contributed by atoms with Crippen molar-refractivity contribution in [3.63, 3.8) is 0 Å². The van der Waals surface area contributed by atoms with Gasteiger partial charge in [-0.05, 0) is 32.1 Å². The Hall–Kier alpha value is -2.58. The predicted molar refractivity (Wildman–Crippen MR) is 108 cm³/mol. The van der Waals surface area contributed by atoms with E-state index in [4.69, 9.17) is 9.47 Å². The highest BCUT2D eigenvalue weighted by Gasteiger charge is 2.24. The lowest BCUT2D eigenvalue weighted by atomic mass is 10.1. The molecule has 29 heavy (non-hydrogen) atoms. The molecule has 1 aliphatic heterocycles. The summed E-state index contributed by atoms with van der Waals surface area (Å²) >= 11 is 0. The van der Waals surface area contributed by atoms with Gasteiger partial charge in [-0.2, -0.15) is 9.97 Å². The molecule has 1 saturated heterocycles. The molecule has 0 bridgehead atoms. The van der Waals surface area contributed by atoms with Crippen LogP contribution in [0.5, 0.6) is 6.01 Å². The summed E-state index contributed by atoms with van der Waals surface area (Å²) in [7, 11) is 0. The third-order valence-electron chi connectivity index (χ3n) is 4.94. The standard InChI is InChI=1S/C20H32N4O5/c1-4-7-12-28-20(27)24-10-8-14(9-11-24)21-17-13-16(18(25)26)22-19(23-17)29-15(5-2)6-3/h13-15H,4-12H2,1-3H3,(H,25,26)(H,21,22,23). The molecule has 162 valence electrons. The minimum atomic E-state index is -1.13. The highest BCUT2D eigenvalue weighted by Crippen LogP contribution is 2.20. The maximum absolute atomic E-state index is 12.0. The number of carbonyl (C=O) groups excluding carboxylic acids is 1. The van der Waals surface area contributed by atoms with Crippen LogP contribution in [0.4, 0.5) is 10.6 Å². The van der Waals surface area contributed by atoms with Crippen LogP contribution in [0.3, 0.4) is 0 Å². The molecule has 9 nitrogen and oxygen atoms in total. The first-order valence-corrected chi connectivity index (χ1v) is 10.4. The zero-order valence-corrected chi connectivity index (χ0v) is 17.5. The van der Waals surface area contributed by atoms with E-state index in [9.17, 15) is 14.7 Å². The number of amides is 1. The van der Waals surface area contributed by atoms with Crippen molar-refractivity contribution < 1.29 is 24.2 Å². The molecule has 0 aliphatic carbocycles. The summed E-state index contributed by atoms with van der Waals surface area (Å²) in [4.78, 5) is 33.5. The quantitative estimate of drug-likeness (QED) is 0.565. The zero-order valence-electron chi connectivity index (χ0n) is 17.5. The minimum Gasteiger partial charge on any atom is -0.477 e. The molecule has 2 heterocycles. The number of carboxylic acid groups (broad SMARTS) is 1. The number of hydrogen-bond acceptors (Lipinski definition) is 7. The Balaban J connectivity index is 1.96. The summed E-state index contributed by atoms with van der Waals surface area (Å²) in [6, 6.07) is 1.55. The van der Waals surface area contributed by atoms with Crippen molar-refractivity contribution in [2.45, 2.75) is 71.4 Å². The largest absolute Gasteiger partial charge is 0.477 e. The van der Waals surface area contributed by atoms with E-state index in [2.05, 4.69) is 22.2 Å². The average Bonchev–Trinajstić information content (AvgIpc) is 2.72. The van der Waals surface area contributed by atoms with E-state index in [0.29, 0.717) is 25.5 Å². The first kappa shape index (κ1) is 22.7. The van der Waals surface area contributed by atoms with E-state index in [0.717, 1.165) is 38.5 Å². The number of carboxylic acids is 1. The molecule has 2 N–H and O–H groups in total. The summed E-state index contributed by atoms with van der Waals surface area (Å²) < 4.78 is 11.0. The van der Waals surface area contributed by atoms with Gasteiger partial charge in [0.1, 0.15) is 11.9 Å². The second-order valence-electron chi connectivity index (χ2n) is 7.16. The Morgan fingerprint density at radius 2 is 1.93 bits per heavy atom. The van der Waals surface area contributed by atoms with Gasteiger partial charge in [0.25, 0.3) is 0 Å². The van der Waals surface area contributed by atoms with Crippen LogP contribution in [-0.4, -0.2) is 63.9 Å². The number of carbonyl (C=O) groups is 2. The van der Waals surface area contributed by atoms with Gasteiger partial charge >= 0.3 is 18.1 Å². The van der Waals surface area contributed by atoms with Crippen LogP contribution in [-0.2, 0) is 4.74 Å². The van der Waals surface area contributed by atoms with Crippen LogP contribution < -0.4 is 10.1 Å². The Morgan fingerprint density at radius 1 is 1.24 bits per heavy atom. The van der Waals surface area contributed by atoms with Crippen LogP contribution in [0.2, 0.25) is 0 Å². The Bertz CT molecular complexity index is 673. The third kappa shape index (κ3) is 7.07. The Morgan fingerprint density at radius 3 is 2.52 bits per heavy atom. The molecule has 1 aromatic rings. The van der Waals surface area contributed by atoms with Crippen LogP contribution in [0.1, 0.15) is 69.8 Å². The smallest absolute Gasteiger partial charge is 0.409 e. The SMILES string of the molecule is CCCCOC(=O)N1CCC(Nc2cc(C(=O)O)nc(OC(CC)CC)n2)CC1. The number of hydrogen-bond donors (Lipinski definition) is 2. The molecule has 0 aromatic carbocycles. The molecule has 0 spiro atoms. The molecular weight excluding hydrogens is 376 g/mol. The fourth-order valence-corrected chi connectivity index (χ4v) is 3.08. The second kappa shape index (κ2) is 11.4. The maximum atomic E-state index is 12.0. The van der Waals surface area contributed by atoms with Gasteiger partial charge in [0.15, 0.2) is 5.69 Å². The number of aromatic nitrogens is 2.